The van der Waals surface area contributed by atoms with Gasteiger partial charge in [-0.3, -0.25) is 0 Å². The molecule has 0 aromatic carbocycles. The molecule has 122 valence electrons. The van der Waals surface area contributed by atoms with Crippen LogP contribution in [0.4, 0.5) is 0 Å². The highest BCUT2D eigenvalue weighted by atomic mass is 15.3. The number of allylic oxidation sites excluding steroid dienone is 3. The molecule has 0 radical (unpaired) electrons. The number of hydrogen-bond donors (Lipinski definition) is 1. The van der Waals surface area contributed by atoms with Crippen LogP contribution in [0.1, 0.15) is 83.5 Å². The van der Waals surface area contributed by atoms with E-state index in [1.165, 1.54) is 69.1 Å². The number of hydrogen-bond acceptors (Lipinski definition) is 2. The van der Waals surface area contributed by atoms with E-state index in [2.05, 4.69) is 29.4 Å². The summed E-state index contributed by atoms with van der Waals surface area (Å²) in [6, 6.07) is 0. The summed E-state index contributed by atoms with van der Waals surface area (Å²) < 4.78 is 0. The molecular formula is C20H32N2. The fourth-order valence-electron chi connectivity index (χ4n) is 3.17. The number of hydrazone groups is 1. The van der Waals surface area contributed by atoms with Crippen molar-refractivity contribution in [3.63, 3.8) is 0 Å². The van der Waals surface area contributed by atoms with E-state index < -0.39 is 0 Å². The highest BCUT2D eigenvalue weighted by molar-refractivity contribution is 6.00. The first-order valence-corrected chi connectivity index (χ1v) is 9.35. The Morgan fingerprint density at radius 1 is 0.773 bits per heavy atom. The van der Waals surface area contributed by atoms with Crippen LogP contribution in [-0.4, -0.2) is 12.3 Å². The average molecular weight is 300 g/mol. The summed E-state index contributed by atoms with van der Waals surface area (Å²) in [7, 11) is 0. The lowest BCUT2D eigenvalue weighted by Gasteiger charge is -2.11. The molecule has 0 atom stereocenters. The van der Waals surface area contributed by atoms with Crippen LogP contribution in [0, 0.1) is 0 Å². The quantitative estimate of drug-likeness (QED) is 0.620. The number of nitrogens with zero attached hydrogens (tertiary/aromatic N) is 1. The molecule has 1 aliphatic heterocycles. The van der Waals surface area contributed by atoms with E-state index in [1.807, 2.05) is 0 Å². The Morgan fingerprint density at radius 3 is 2.45 bits per heavy atom. The Hall–Kier alpha value is -1.27. The summed E-state index contributed by atoms with van der Waals surface area (Å²) in [5.41, 5.74) is 9.39. The predicted octanol–water partition coefficient (Wildman–Crippen LogP) is 5.67. The van der Waals surface area contributed by atoms with Crippen LogP contribution in [0.3, 0.4) is 0 Å². The molecule has 0 fully saturated rings. The largest absolute Gasteiger partial charge is 0.310 e. The van der Waals surface area contributed by atoms with Gasteiger partial charge in [0.25, 0.3) is 0 Å². The summed E-state index contributed by atoms with van der Waals surface area (Å²) in [5.74, 6) is 0. The zero-order chi connectivity index (χ0) is 15.3. The Balaban J connectivity index is 2.02. The SMILES string of the molecule is C1=CCCCNN=C(C2=CCCCCCCCCC2)CCC=1. The van der Waals surface area contributed by atoms with Crippen LogP contribution in [0.15, 0.2) is 34.6 Å². The van der Waals surface area contributed by atoms with Crippen LogP contribution in [0.2, 0.25) is 0 Å². The van der Waals surface area contributed by atoms with Gasteiger partial charge in [-0.2, -0.15) is 5.10 Å². The Labute approximate surface area is 136 Å². The van der Waals surface area contributed by atoms with Crippen LogP contribution in [-0.2, 0) is 0 Å². The van der Waals surface area contributed by atoms with Crippen LogP contribution in [0.5, 0.6) is 0 Å². The highest BCUT2D eigenvalue weighted by Gasteiger charge is 2.08. The molecule has 0 saturated heterocycles. The van der Waals surface area contributed by atoms with Crippen molar-refractivity contribution >= 4 is 5.71 Å². The first-order chi connectivity index (χ1) is 11.0. The van der Waals surface area contributed by atoms with Crippen molar-refractivity contribution in [2.24, 2.45) is 5.10 Å². The molecule has 0 spiro atoms. The van der Waals surface area contributed by atoms with Gasteiger partial charge in [0.1, 0.15) is 0 Å². The normalized spacial score (nSPS) is 22.5. The third-order valence-electron chi connectivity index (χ3n) is 4.52. The predicted molar refractivity (Wildman–Crippen MR) is 96.2 cm³/mol. The summed E-state index contributed by atoms with van der Waals surface area (Å²) >= 11 is 0. The third-order valence-corrected chi connectivity index (χ3v) is 4.52. The monoisotopic (exact) mass is 300 g/mol. The first kappa shape index (κ1) is 17.1. The van der Waals surface area contributed by atoms with Crippen LogP contribution >= 0.6 is 0 Å². The van der Waals surface area contributed by atoms with Gasteiger partial charge in [-0.1, -0.05) is 38.2 Å². The topological polar surface area (TPSA) is 24.4 Å². The molecule has 2 rings (SSSR count). The molecule has 1 aliphatic carbocycles. The van der Waals surface area contributed by atoms with E-state index in [4.69, 9.17) is 5.10 Å². The number of nitrogens with one attached hydrogen (secondary N) is 1. The second-order valence-corrected chi connectivity index (χ2v) is 6.47. The van der Waals surface area contributed by atoms with E-state index in [0.29, 0.717) is 0 Å². The van der Waals surface area contributed by atoms with Crippen molar-refractivity contribution in [2.75, 3.05) is 6.54 Å². The van der Waals surface area contributed by atoms with E-state index in [0.717, 1.165) is 32.2 Å². The third kappa shape index (κ3) is 7.13. The lowest BCUT2D eigenvalue weighted by molar-refractivity contribution is 0.588. The zero-order valence-corrected chi connectivity index (χ0v) is 14.1. The van der Waals surface area contributed by atoms with Crippen molar-refractivity contribution in [1.29, 1.82) is 0 Å². The van der Waals surface area contributed by atoms with E-state index in [1.54, 1.807) is 0 Å². The molecule has 2 aliphatic rings. The van der Waals surface area contributed by atoms with Gasteiger partial charge in [0, 0.05) is 6.54 Å². The van der Waals surface area contributed by atoms with E-state index in [9.17, 15) is 0 Å². The molecule has 0 bridgehead atoms. The average Bonchev–Trinajstić information content (AvgIpc) is 2.64. The number of rotatable bonds is 1. The van der Waals surface area contributed by atoms with Gasteiger partial charge in [0.2, 0.25) is 0 Å². The van der Waals surface area contributed by atoms with Crippen LogP contribution in [0.25, 0.3) is 0 Å². The standard InChI is InChI=1S/C20H32N2/c1-2-4-8-12-16-19(15-11-7-3-1)20-17-13-9-5-6-10-14-18-21-22-20/h6,9,15,21H,1-4,7-8,10-14,16-18H2. The van der Waals surface area contributed by atoms with Crippen molar-refractivity contribution in [3.05, 3.63) is 29.5 Å². The van der Waals surface area contributed by atoms with E-state index >= 15 is 0 Å². The minimum Gasteiger partial charge on any atom is -0.310 e. The summed E-state index contributed by atoms with van der Waals surface area (Å²) in [4.78, 5) is 0. The molecule has 1 heterocycles. The molecule has 0 saturated carbocycles. The van der Waals surface area contributed by atoms with Gasteiger partial charge in [-0.25, -0.2) is 0 Å². The fourth-order valence-corrected chi connectivity index (χ4v) is 3.17. The Morgan fingerprint density at radius 2 is 1.55 bits per heavy atom. The molecule has 0 aromatic rings. The maximum Gasteiger partial charge on any atom is 0.0635 e. The summed E-state index contributed by atoms with van der Waals surface area (Å²) in [6.45, 7) is 0.967. The molecule has 2 heteroatoms. The lowest BCUT2D eigenvalue weighted by atomic mass is 9.98. The highest BCUT2D eigenvalue weighted by Crippen LogP contribution is 2.19. The molecule has 1 N–H and O–H groups in total. The second kappa shape index (κ2) is 11.3. The van der Waals surface area contributed by atoms with Gasteiger partial charge in [-0.05, 0) is 69.1 Å². The van der Waals surface area contributed by atoms with Gasteiger partial charge in [0.15, 0.2) is 0 Å². The Bertz CT molecular complexity index is 425. The van der Waals surface area contributed by atoms with Gasteiger partial charge in [-0.15, -0.1) is 5.73 Å². The zero-order valence-electron chi connectivity index (χ0n) is 14.1. The van der Waals surface area contributed by atoms with Crippen molar-refractivity contribution in [3.8, 4) is 0 Å². The van der Waals surface area contributed by atoms with Gasteiger partial charge < -0.3 is 5.43 Å². The van der Waals surface area contributed by atoms with Crippen LogP contribution < -0.4 is 5.43 Å². The van der Waals surface area contributed by atoms with Crippen molar-refractivity contribution < 1.29 is 0 Å². The van der Waals surface area contributed by atoms with E-state index in [-0.39, 0.29) is 0 Å². The summed E-state index contributed by atoms with van der Waals surface area (Å²) in [6.07, 6.45) is 23.2. The first-order valence-electron chi connectivity index (χ1n) is 9.35. The minimum atomic E-state index is 0.967. The maximum absolute atomic E-state index is 4.74. The minimum absolute atomic E-state index is 0.967. The molecule has 0 unspecified atom stereocenters. The fraction of sp³-hybridized carbons (Fsp3) is 0.700. The molecule has 0 amide bonds. The summed E-state index contributed by atoms with van der Waals surface area (Å²) in [5, 5.41) is 4.74. The van der Waals surface area contributed by atoms with Gasteiger partial charge in [0.05, 0.1) is 5.71 Å². The van der Waals surface area contributed by atoms with Crippen molar-refractivity contribution in [2.45, 2.75) is 83.5 Å². The van der Waals surface area contributed by atoms with Gasteiger partial charge >= 0.3 is 0 Å². The molecular weight excluding hydrogens is 268 g/mol. The maximum atomic E-state index is 4.74. The molecule has 2 nitrogen and oxygen atoms in total. The second-order valence-electron chi connectivity index (χ2n) is 6.47. The Kier molecular flexibility index (Phi) is 8.79. The van der Waals surface area contributed by atoms with Crippen molar-refractivity contribution in [1.82, 2.24) is 5.43 Å². The molecule has 22 heavy (non-hydrogen) atoms. The molecule has 0 aromatic heterocycles. The lowest BCUT2D eigenvalue weighted by Crippen LogP contribution is -2.14. The smallest absolute Gasteiger partial charge is 0.0635 e.